The largest absolute Gasteiger partial charge is 0.489 e. The Kier molecular flexibility index (Phi) is 4.14. The van der Waals surface area contributed by atoms with Gasteiger partial charge in [-0.3, -0.25) is 0 Å². The van der Waals surface area contributed by atoms with Crippen LogP contribution in [-0.4, -0.2) is 6.61 Å². The predicted octanol–water partition coefficient (Wildman–Crippen LogP) is 3.93. The van der Waals surface area contributed by atoms with Crippen LogP contribution in [0.15, 0.2) is 34.3 Å². The van der Waals surface area contributed by atoms with Gasteiger partial charge in [-0.05, 0) is 32.1 Å². The quantitative estimate of drug-likeness (QED) is 0.747. The molecule has 1 aromatic rings. The third-order valence-corrected chi connectivity index (χ3v) is 2.04. The Bertz CT molecular complexity index is 323. The van der Waals surface area contributed by atoms with Gasteiger partial charge in [0.05, 0.1) is 0 Å². The first-order chi connectivity index (χ1) is 6.58. The van der Waals surface area contributed by atoms with Gasteiger partial charge in [0, 0.05) is 10.5 Å². The molecule has 0 amide bonds. The molecule has 0 fully saturated rings. The SMILES string of the molecule is CC(C)=CCOc1cc(F)cc(Br)c1. The number of allylic oxidation sites excluding steroid dienone is 1. The van der Waals surface area contributed by atoms with Crippen molar-refractivity contribution in [3.63, 3.8) is 0 Å². The average Bonchev–Trinajstić information content (AvgIpc) is 2.01. The lowest BCUT2D eigenvalue weighted by atomic mass is 10.3. The van der Waals surface area contributed by atoms with Crippen LogP contribution in [0.2, 0.25) is 0 Å². The monoisotopic (exact) mass is 258 g/mol. The molecule has 0 aliphatic rings. The minimum atomic E-state index is -0.299. The van der Waals surface area contributed by atoms with E-state index in [1.54, 1.807) is 6.07 Å². The standard InChI is InChI=1S/C11H12BrFO/c1-8(2)3-4-14-11-6-9(12)5-10(13)7-11/h3,5-7H,4H2,1-2H3. The lowest BCUT2D eigenvalue weighted by Crippen LogP contribution is -1.94. The van der Waals surface area contributed by atoms with Crippen LogP contribution in [0.3, 0.4) is 0 Å². The number of hydrogen-bond donors (Lipinski definition) is 0. The molecular weight excluding hydrogens is 247 g/mol. The molecular formula is C11H12BrFO. The molecule has 0 spiro atoms. The van der Waals surface area contributed by atoms with Gasteiger partial charge in [-0.2, -0.15) is 0 Å². The molecule has 0 bridgehead atoms. The van der Waals surface area contributed by atoms with Gasteiger partial charge in [0.2, 0.25) is 0 Å². The van der Waals surface area contributed by atoms with E-state index in [1.165, 1.54) is 17.7 Å². The lowest BCUT2D eigenvalue weighted by molar-refractivity contribution is 0.359. The smallest absolute Gasteiger partial charge is 0.128 e. The number of rotatable bonds is 3. The number of halogens is 2. The van der Waals surface area contributed by atoms with Gasteiger partial charge in [0.1, 0.15) is 18.2 Å². The highest BCUT2D eigenvalue weighted by Crippen LogP contribution is 2.20. The van der Waals surface area contributed by atoms with E-state index >= 15 is 0 Å². The molecule has 0 N–H and O–H groups in total. The molecule has 0 saturated heterocycles. The van der Waals surface area contributed by atoms with Crippen LogP contribution in [0.4, 0.5) is 4.39 Å². The van der Waals surface area contributed by atoms with Crippen molar-refractivity contribution in [3.05, 3.63) is 40.1 Å². The van der Waals surface area contributed by atoms with E-state index < -0.39 is 0 Å². The lowest BCUT2D eigenvalue weighted by Gasteiger charge is -2.04. The fraction of sp³-hybridized carbons (Fsp3) is 0.273. The van der Waals surface area contributed by atoms with Crippen LogP contribution in [0.5, 0.6) is 5.75 Å². The summed E-state index contributed by atoms with van der Waals surface area (Å²) in [6.45, 7) is 4.45. The van der Waals surface area contributed by atoms with Gasteiger partial charge >= 0.3 is 0 Å². The zero-order valence-corrected chi connectivity index (χ0v) is 9.77. The van der Waals surface area contributed by atoms with E-state index in [9.17, 15) is 4.39 Å². The van der Waals surface area contributed by atoms with Crippen molar-refractivity contribution in [2.45, 2.75) is 13.8 Å². The normalized spacial score (nSPS) is 9.71. The van der Waals surface area contributed by atoms with Crippen LogP contribution < -0.4 is 4.74 Å². The van der Waals surface area contributed by atoms with E-state index in [1.807, 2.05) is 19.9 Å². The van der Waals surface area contributed by atoms with Crippen molar-refractivity contribution >= 4 is 15.9 Å². The third kappa shape index (κ3) is 3.92. The fourth-order valence-corrected chi connectivity index (χ4v) is 1.36. The van der Waals surface area contributed by atoms with Gasteiger partial charge < -0.3 is 4.74 Å². The summed E-state index contributed by atoms with van der Waals surface area (Å²) >= 11 is 3.20. The molecule has 1 aromatic carbocycles. The van der Waals surface area contributed by atoms with Crippen molar-refractivity contribution in [2.75, 3.05) is 6.61 Å². The predicted molar refractivity (Wildman–Crippen MR) is 59.0 cm³/mol. The number of benzene rings is 1. The zero-order valence-electron chi connectivity index (χ0n) is 8.18. The minimum Gasteiger partial charge on any atom is -0.489 e. The second-order valence-corrected chi connectivity index (χ2v) is 4.11. The Morgan fingerprint density at radius 3 is 2.71 bits per heavy atom. The third-order valence-electron chi connectivity index (χ3n) is 1.58. The first-order valence-corrected chi connectivity index (χ1v) is 5.09. The molecule has 76 valence electrons. The molecule has 1 rings (SSSR count). The molecule has 0 aromatic heterocycles. The molecule has 3 heteroatoms. The molecule has 0 saturated carbocycles. The molecule has 0 aliphatic heterocycles. The second-order valence-electron chi connectivity index (χ2n) is 3.20. The number of ether oxygens (including phenoxy) is 1. The Morgan fingerprint density at radius 2 is 2.14 bits per heavy atom. The van der Waals surface area contributed by atoms with Gasteiger partial charge in [0.15, 0.2) is 0 Å². The van der Waals surface area contributed by atoms with Crippen molar-refractivity contribution < 1.29 is 9.13 Å². The van der Waals surface area contributed by atoms with E-state index in [0.29, 0.717) is 16.8 Å². The first-order valence-electron chi connectivity index (χ1n) is 4.30. The number of hydrogen-bond acceptors (Lipinski definition) is 1. The summed E-state index contributed by atoms with van der Waals surface area (Å²) in [4.78, 5) is 0. The van der Waals surface area contributed by atoms with Crippen molar-refractivity contribution in [1.82, 2.24) is 0 Å². The fourth-order valence-electron chi connectivity index (χ4n) is 0.916. The Labute approximate surface area is 91.7 Å². The Balaban J connectivity index is 2.63. The second kappa shape index (κ2) is 5.15. The topological polar surface area (TPSA) is 9.23 Å². The van der Waals surface area contributed by atoms with Crippen molar-refractivity contribution in [1.29, 1.82) is 0 Å². The average molecular weight is 259 g/mol. The molecule has 0 aliphatic carbocycles. The van der Waals surface area contributed by atoms with Crippen LogP contribution >= 0.6 is 15.9 Å². The van der Waals surface area contributed by atoms with E-state index in [0.717, 1.165) is 0 Å². The zero-order chi connectivity index (χ0) is 10.6. The van der Waals surface area contributed by atoms with Gasteiger partial charge in [-0.1, -0.05) is 21.5 Å². The van der Waals surface area contributed by atoms with E-state index in [4.69, 9.17) is 4.74 Å². The highest BCUT2D eigenvalue weighted by atomic mass is 79.9. The van der Waals surface area contributed by atoms with Crippen LogP contribution in [0.25, 0.3) is 0 Å². The van der Waals surface area contributed by atoms with E-state index in [-0.39, 0.29) is 5.82 Å². The summed E-state index contributed by atoms with van der Waals surface area (Å²) in [5, 5.41) is 0. The van der Waals surface area contributed by atoms with Crippen LogP contribution in [-0.2, 0) is 0 Å². The summed E-state index contributed by atoms with van der Waals surface area (Å²) in [5.41, 5.74) is 1.18. The highest BCUT2D eigenvalue weighted by Gasteiger charge is 1.98. The molecule has 0 unspecified atom stereocenters. The first kappa shape index (κ1) is 11.2. The Morgan fingerprint density at radius 1 is 1.43 bits per heavy atom. The van der Waals surface area contributed by atoms with Crippen LogP contribution in [0, 0.1) is 5.82 Å². The molecule has 0 radical (unpaired) electrons. The van der Waals surface area contributed by atoms with Gasteiger partial charge in [-0.15, -0.1) is 0 Å². The maximum Gasteiger partial charge on any atom is 0.128 e. The van der Waals surface area contributed by atoms with Crippen molar-refractivity contribution in [3.8, 4) is 5.75 Å². The van der Waals surface area contributed by atoms with Gasteiger partial charge in [-0.25, -0.2) is 4.39 Å². The summed E-state index contributed by atoms with van der Waals surface area (Å²) in [6, 6.07) is 4.50. The van der Waals surface area contributed by atoms with Crippen LogP contribution in [0.1, 0.15) is 13.8 Å². The summed E-state index contributed by atoms with van der Waals surface area (Å²) < 4.78 is 18.9. The summed E-state index contributed by atoms with van der Waals surface area (Å²) in [5.74, 6) is 0.237. The summed E-state index contributed by atoms with van der Waals surface area (Å²) in [6.07, 6.45) is 1.94. The molecule has 0 heterocycles. The highest BCUT2D eigenvalue weighted by molar-refractivity contribution is 9.10. The van der Waals surface area contributed by atoms with Gasteiger partial charge in [0.25, 0.3) is 0 Å². The summed E-state index contributed by atoms with van der Waals surface area (Å²) in [7, 11) is 0. The minimum absolute atomic E-state index is 0.299. The Hall–Kier alpha value is -0.830. The molecule has 1 nitrogen and oxygen atoms in total. The van der Waals surface area contributed by atoms with Crippen molar-refractivity contribution in [2.24, 2.45) is 0 Å². The maximum atomic E-state index is 12.9. The maximum absolute atomic E-state index is 12.9. The molecule has 14 heavy (non-hydrogen) atoms. The van der Waals surface area contributed by atoms with E-state index in [2.05, 4.69) is 15.9 Å². The molecule has 0 atom stereocenters.